The highest BCUT2D eigenvalue weighted by molar-refractivity contribution is 6.10. The molecular formula is C17H14O3. The summed E-state index contributed by atoms with van der Waals surface area (Å²) in [5, 5.41) is 8.64. The molecule has 0 atom stereocenters. The third-order valence-electron chi connectivity index (χ3n) is 2.95. The third-order valence-corrected chi connectivity index (χ3v) is 2.95. The van der Waals surface area contributed by atoms with Crippen LogP contribution in [0.25, 0.3) is 11.1 Å². The maximum Gasteiger partial charge on any atom is 0.328 e. The van der Waals surface area contributed by atoms with Crippen molar-refractivity contribution in [2.24, 2.45) is 0 Å². The van der Waals surface area contributed by atoms with E-state index in [2.05, 4.69) is 0 Å². The van der Waals surface area contributed by atoms with E-state index in [1.54, 1.807) is 12.1 Å². The van der Waals surface area contributed by atoms with Crippen molar-refractivity contribution in [2.75, 3.05) is 0 Å². The minimum atomic E-state index is -1.11. The van der Waals surface area contributed by atoms with E-state index < -0.39 is 5.97 Å². The van der Waals surface area contributed by atoms with Crippen LogP contribution in [0, 0.1) is 0 Å². The minimum absolute atomic E-state index is 0.213. The molecule has 0 heterocycles. The highest BCUT2D eigenvalue weighted by Crippen LogP contribution is 2.20. The number of benzene rings is 2. The van der Waals surface area contributed by atoms with Gasteiger partial charge in [-0.3, -0.25) is 4.79 Å². The Hall–Kier alpha value is -2.68. The van der Waals surface area contributed by atoms with E-state index in [0.29, 0.717) is 5.56 Å². The largest absolute Gasteiger partial charge is 0.478 e. The van der Waals surface area contributed by atoms with Gasteiger partial charge in [0.05, 0.1) is 0 Å². The first-order valence-electron chi connectivity index (χ1n) is 6.19. The molecule has 2 aromatic rings. The van der Waals surface area contributed by atoms with Crippen LogP contribution in [0.15, 0.2) is 66.2 Å². The molecule has 0 unspecified atom stereocenters. The molecule has 100 valence electrons. The average Bonchev–Trinajstić information content (AvgIpc) is 2.47. The van der Waals surface area contributed by atoms with Crippen molar-refractivity contribution in [3.63, 3.8) is 0 Å². The molecule has 3 nitrogen and oxygen atoms in total. The Balaban J connectivity index is 2.25. The lowest BCUT2D eigenvalue weighted by Crippen LogP contribution is -2.03. The normalized spacial score (nSPS) is 11.2. The zero-order chi connectivity index (χ0) is 14.5. The molecule has 0 saturated carbocycles. The summed E-state index contributed by atoms with van der Waals surface area (Å²) in [5.74, 6) is -1.39. The number of allylic oxidation sites excluding steroid dienone is 1. The molecule has 0 fully saturated rings. The summed E-state index contributed by atoms with van der Waals surface area (Å²) in [5.41, 5.74) is 2.79. The Kier molecular flexibility index (Phi) is 4.11. The first-order chi connectivity index (χ1) is 9.58. The summed E-state index contributed by atoms with van der Waals surface area (Å²) in [6.45, 7) is 1.50. The predicted molar refractivity (Wildman–Crippen MR) is 77.6 cm³/mol. The summed E-state index contributed by atoms with van der Waals surface area (Å²) in [4.78, 5) is 22.6. The second-order valence-electron chi connectivity index (χ2n) is 4.44. The lowest BCUT2D eigenvalue weighted by Gasteiger charge is -2.04. The summed E-state index contributed by atoms with van der Waals surface area (Å²) in [6, 6.07) is 17.0. The number of carbonyl (C=O) groups excluding carboxylic acids is 1. The lowest BCUT2D eigenvalue weighted by molar-refractivity contribution is -0.131. The van der Waals surface area contributed by atoms with Crippen LogP contribution >= 0.6 is 0 Å². The van der Waals surface area contributed by atoms with E-state index in [1.807, 2.05) is 42.5 Å². The standard InChI is InChI=1S/C17H14O3/c1-12(11-16(18)19)17(20)15-9-7-14(8-10-15)13-5-3-2-4-6-13/h2-11H,1H3,(H,18,19). The molecule has 2 rings (SSSR count). The van der Waals surface area contributed by atoms with E-state index in [-0.39, 0.29) is 11.4 Å². The van der Waals surface area contributed by atoms with Gasteiger partial charge < -0.3 is 5.11 Å². The van der Waals surface area contributed by atoms with Gasteiger partial charge in [0.1, 0.15) is 0 Å². The number of carboxylic acids is 1. The van der Waals surface area contributed by atoms with Gasteiger partial charge in [-0.05, 0) is 18.1 Å². The van der Waals surface area contributed by atoms with Gasteiger partial charge in [-0.2, -0.15) is 0 Å². The van der Waals surface area contributed by atoms with Crippen LogP contribution in [-0.2, 0) is 4.79 Å². The fourth-order valence-electron chi connectivity index (χ4n) is 1.92. The van der Waals surface area contributed by atoms with Gasteiger partial charge in [-0.15, -0.1) is 0 Å². The lowest BCUT2D eigenvalue weighted by atomic mass is 10.00. The first-order valence-corrected chi connectivity index (χ1v) is 6.19. The van der Waals surface area contributed by atoms with Crippen molar-refractivity contribution in [2.45, 2.75) is 6.92 Å². The van der Waals surface area contributed by atoms with Crippen molar-refractivity contribution in [1.29, 1.82) is 0 Å². The fraction of sp³-hybridized carbons (Fsp3) is 0.0588. The number of hydrogen-bond acceptors (Lipinski definition) is 2. The highest BCUT2D eigenvalue weighted by atomic mass is 16.4. The third kappa shape index (κ3) is 3.20. The molecule has 0 aliphatic heterocycles. The molecule has 0 aliphatic rings. The van der Waals surface area contributed by atoms with Gasteiger partial charge in [0.25, 0.3) is 0 Å². The van der Waals surface area contributed by atoms with Gasteiger partial charge in [0, 0.05) is 17.2 Å². The second-order valence-corrected chi connectivity index (χ2v) is 4.44. The first kappa shape index (κ1) is 13.7. The number of hydrogen-bond donors (Lipinski definition) is 1. The number of carboxylic acid groups (broad SMARTS) is 1. The van der Waals surface area contributed by atoms with E-state index in [4.69, 9.17) is 5.11 Å². The van der Waals surface area contributed by atoms with Crippen molar-refractivity contribution in [3.05, 3.63) is 71.8 Å². The van der Waals surface area contributed by atoms with Crippen LogP contribution in [0.5, 0.6) is 0 Å². The molecule has 0 amide bonds. The topological polar surface area (TPSA) is 54.4 Å². The van der Waals surface area contributed by atoms with Crippen molar-refractivity contribution >= 4 is 11.8 Å². The molecule has 0 aromatic heterocycles. The molecule has 0 radical (unpaired) electrons. The van der Waals surface area contributed by atoms with Crippen LogP contribution in [0.4, 0.5) is 0 Å². The zero-order valence-corrected chi connectivity index (χ0v) is 11.0. The van der Waals surface area contributed by atoms with Crippen LogP contribution in [0.2, 0.25) is 0 Å². The maximum atomic E-state index is 12.0. The van der Waals surface area contributed by atoms with E-state index >= 15 is 0 Å². The average molecular weight is 266 g/mol. The quantitative estimate of drug-likeness (QED) is 0.680. The van der Waals surface area contributed by atoms with E-state index in [9.17, 15) is 9.59 Å². The van der Waals surface area contributed by atoms with Crippen LogP contribution < -0.4 is 0 Å². The molecule has 3 heteroatoms. The zero-order valence-electron chi connectivity index (χ0n) is 11.0. The van der Waals surface area contributed by atoms with Crippen molar-refractivity contribution in [1.82, 2.24) is 0 Å². The van der Waals surface area contributed by atoms with Crippen molar-refractivity contribution in [3.8, 4) is 11.1 Å². The monoisotopic (exact) mass is 266 g/mol. The van der Waals surface area contributed by atoms with Crippen LogP contribution in [0.1, 0.15) is 17.3 Å². The van der Waals surface area contributed by atoms with E-state index in [1.165, 1.54) is 6.92 Å². The fourth-order valence-corrected chi connectivity index (χ4v) is 1.92. The summed E-state index contributed by atoms with van der Waals surface area (Å²) < 4.78 is 0. The van der Waals surface area contributed by atoms with Gasteiger partial charge in [-0.1, -0.05) is 54.6 Å². The molecule has 0 spiro atoms. The molecule has 1 N–H and O–H groups in total. The highest BCUT2D eigenvalue weighted by Gasteiger charge is 2.09. The Morgan fingerprint density at radius 2 is 1.45 bits per heavy atom. The number of rotatable bonds is 4. The Labute approximate surface area is 117 Å². The molecule has 2 aromatic carbocycles. The smallest absolute Gasteiger partial charge is 0.328 e. The predicted octanol–water partition coefficient (Wildman–Crippen LogP) is 3.57. The Morgan fingerprint density at radius 1 is 0.900 bits per heavy atom. The van der Waals surface area contributed by atoms with Gasteiger partial charge in [0.2, 0.25) is 0 Å². The number of carbonyl (C=O) groups is 2. The Bertz CT molecular complexity index is 652. The van der Waals surface area contributed by atoms with Crippen LogP contribution in [0.3, 0.4) is 0 Å². The molecule has 0 saturated heterocycles. The second kappa shape index (κ2) is 5.97. The van der Waals surface area contributed by atoms with E-state index in [0.717, 1.165) is 17.2 Å². The summed E-state index contributed by atoms with van der Waals surface area (Å²) in [6.07, 6.45) is 0.924. The van der Waals surface area contributed by atoms with Gasteiger partial charge in [-0.25, -0.2) is 4.79 Å². The molecular weight excluding hydrogens is 252 g/mol. The van der Waals surface area contributed by atoms with Gasteiger partial charge >= 0.3 is 5.97 Å². The summed E-state index contributed by atoms with van der Waals surface area (Å²) >= 11 is 0. The van der Waals surface area contributed by atoms with Gasteiger partial charge in [0.15, 0.2) is 5.78 Å². The summed E-state index contributed by atoms with van der Waals surface area (Å²) in [7, 11) is 0. The molecule has 0 bridgehead atoms. The number of aliphatic carboxylic acids is 1. The Morgan fingerprint density at radius 3 is 2.00 bits per heavy atom. The maximum absolute atomic E-state index is 12.0. The van der Waals surface area contributed by atoms with Crippen molar-refractivity contribution < 1.29 is 14.7 Å². The molecule has 0 aliphatic carbocycles. The number of ketones is 1. The number of Topliss-reactive ketones (excluding diaryl/α,β-unsaturated/α-hetero) is 1. The molecule has 20 heavy (non-hydrogen) atoms. The SMILES string of the molecule is CC(=CC(=O)O)C(=O)c1ccc(-c2ccccc2)cc1. The van der Waals surface area contributed by atoms with Crippen LogP contribution in [-0.4, -0.2) is 16.9 Å². The minimum Gasteiger partial charge on any atom is -0.478 e.